The fourth-order valence-corrected chi connectivity index (χ4v) is 7.06. The van der Waals surface area contributed by atoms with Crippen LogP contribution in [0.3, 0.4) is 0 Å². The molecule has 0 amide bonds. The van der Waals surface area contributed by atoms with Gasteiger partial charge < -0.3 is 0 Å². The Balaban J connectivity index is 1.69. The van der Waals surface area contributed by atoms with Gasteiger partial charge in [0.15, 0.2) is 0 Å². The molecule has 0 radical (unpaired) electrons. The van der Waals surface area contributed by atoms with Crippen molar-refractivity contribution >= 4 is 32.3 Å². The number of aryl methyl sites for hydroxylation is 1. The van der Waals surface area contributed by atoms with E-state index in [0.717, 1.165) is 0 Å². The number of hydrogen-bond donors (Lipinski definition) is 0. The molecule has 0 saturated heterocycles. The van der Waals surface area contributed by atoms with Crippen molar-refractivity contribution in [3.63, 3.8) is 0 Å². The summed E-state index contributed by atoms with van der Waals surface area (Å²) in [6, 6.07) is 43.1. The lowest BCUT2D eigenvalue weighted by Crippen LogP contribution is -1.86. The highest BCUT2D eigenvalue weighted by Crippen LogP contribution is 2.39. The Morgan fingerprint density at radius 2 is 0.757 bits per heavy atom. The maximum Gasteiger partial charge on any atom is -0.0000933 e. The lowest BCUT2D eigenvalue weighted by Gasteiger charge is -2.08. The molecule has 37 heavy (non-hydrogen) atoms. The first-order valence-corrected chi connectivity index (χ1v) is 13.0. The van der Waals surface area contributed by atoms with Crippen molar-refractivity contribution in [1.29, 1.82) is 0 Å². The summed E-state index contributed by atoms with van der Waals surface area (Å²) in [5, 5.41) is 19.3. The highest BCUT2D eigenvalue weighted by atomic mass is 14.2. The third kappa shape index (κ3) is 2.34. The summed E-state index contributed by atoms with van der Waals surface area (Å²) < 4.78 is 0. The minimum absolute atomic E-state index is 1.27. The molecule has 7 aromatic rings. The molecule has 2 aliphatic carbocycles. The highest BCUT2D eigenvalue weighted by molar-refractivity contribution is 6.08. The van der Waals surface area contributed by atoms with Crippen molar-refractivity contribution in [3.8, 4) is 11.1 Å². The van der Waals surface area contributed by atoms with Gasteiger partial charge in [-0.3, -0.25) is 0 Å². The van der Waals surface area contributed by atoms with E-state index in [-0.39, 0.29) is 0 Å². The van der Waals surface area contributed by atoms with Crippen LogP contribution in [0.4, 0.5) is 0 Å². The second-order valence-corrected chi connectivity index (χ2v) is 10.5. The number of hydrogen-bond acceptors (Lipinski definition) is 0. The van der Waals surface area contributed by atoms with Crippen molar-refractivity contribution in [2.75, 3.05) is 0 Å². The summed E-state index contributed by atoms with van der Waals surface area (Å²) in [6.07, 6.45) is 0. The van der Waals surface area contributed by atoms with E-state index in [2.05, 4.69) is 122 Å². The Labute approximate surface area is 212 Å². The van der Waals surface area contributed by atoms with E-state index in [0.29, 0.717) is 0 Å². The quantitative estimate of drug-likeness (QED) is 0.212. The molecule has 7 aromatic carbocycles. The molecular formula is C37H22. The fraction of sp³-hybridized carbons (Fsp3) is 0.0270. The van der Waals surface area contributed by atoms with E-state index >= 15 is 0 Å². The molecule has 2 aliphatic rings. The Kier molecular flexibility index (Phi) is 3.56. The second-order valence-electron chi connectivity index (χ2n) is 10.5. The molecule has 0 aliphatic heterocycles. The molecule has 0 spiro atoms. The van der Waals surface area contributed by atoms with Gasteiger partial charge in [0.05, 0.1) is 0 Å². The van der Waals surface area contributed by atoms with E-state index in [9.17, 15) is 0 Å². The molecule has 170 valence electrons. The van der Waals surface area contributed by atoms with Gasteiger partial charge in [0, 0.05) is 0 Å². The summed E-state index contributed by atoms with van der Waals surface area (Å²) in [5.74, 6) is 0. The molecule has 0 bridgehead atoms. The van der Waals surface area contributed by atoms with Crippen molar-refractivity contribution < 1.29 is 0 Å². The van der Waals surface area contributed by atoms with Crippen molar-refractivity contribution in [2.24, 2.45) is 0 Å². The first-order chi connectivity index (χ1) is 18.3. The predicted octanol–water partition coefficient (Wildman–Crippen LogP) is 8.90. The summed E-state index contributed by atoms with van der Waals surface area (Å²) in [6.45, 7) is 2.15. The first-order valence-electron chi connectivity index (χ1n) is 13.0. The van der Waals surface area contributed by atoms with Crippen LogP contribution in [0.2, 0.25) is 0 Å². The van der Waals surface area contributed by atoms with Gasteiger partial charge in [0.2, 0.25) is 0 Å². The Bertz CT molecular complexity index is 2510. The molecule has 9 rings (SSSR count). The Morgan fingerprint density at radius 3 is 1.27 bits per heavy atom. The van der Waals surface area contributed by atoms with E-state index in [1.54, 1.807) is 0 Å². The van der Waals surface area contributed by atoms with Crippen LogP contribution in [-0.2, 0) is 0 Å². The van der Waals surface area contributed by atoms with Gasteiger partial charge in [0.1, 0.15) is 0 Å². The van der Waals surface area contributed by atoms with E-state index < -0.39 is 0 Å². The average molecular weight is 467 g/mol. The third-order valence-electron chi connectivity index (χ3n) is 8.59. The molecule has 0 saturated carbocycles. The van der Waals surface area contributed by atoms with Crippen molar-refractivity contribution in [1.82, 2.24) is 0 Å². The monoisotopic (exact) mass is 466 g/mol. The highest BCUT2D eigenvalue weighted by Gasteiger charge is 2.20. The number of benzene rings is 7. The number of fused-ring (bicyclic) bond motifs is 8. The van der Waals surface area contributed by atoms with Crippen LogP contribution in [0.15, 0.2) is 115 Å². The maximum absolute atomic E-state index is 2.43. The van der Waals surface area contributed by atoms with Gasteiger partial charge in [-0.2, -0.15) is 0 Å². The smallest absolute Gasteiger partial charge is 0.0000933 e. The van der Waals surface area contributed by atoms with Crippen molar-refractivity contribution in [3.05, 3.63) is 163 Å². The molecule has 0 unspecified atom stereocenters. The first kappa shape index (κ1) is 19.5. The van der Waals surface area contributed by atoms with Crippen LogP contribution in [0, 0.1) is 48.7 Å². The van der Waals surface area contributed by atoms with Gasteiger partial charge in [0.25, 0.3) is 0 Å². The zero-order chi connectivity index (χ0) is 24.2. The van der Waals surface area contributed by atoms with Crippen molar-refractivity contribution in [2.45, 2.75) is 6.92 Å². The van der Waals surface area contributed by atoms with E-state index in [4.69, 9.17) is 0 Å². The molecule has 0 fully saturated rings. The predicted molar refractivity (Wildman–Crippen MR) is 153 cm³/mol. The van der Waals surface area contributed by atoms with Crippen LogP contribution >= 0.6 is 0 Å². The van der Waals surface area contributed by atoms with Gasteiger partial charge >= 0.3 is 0 Å². The standard InChI is InChI=1S/C37H22/c1-21-14-16-22(17-15-21)23-18-19-30-31(20-23)35-29-13-7-6-12-28(29)33-25-9-3-2-8-24(25)32-26-10-4-5-11-27(26)34(30)37(35)36(32)33/h2-20H,1H3. The third-order valence-corrected chi connectivity index (χ3v) is 8.59. The molecule has 0 aromatic heterocycles. The normalized spacial score (nSPS) is 12.5. The lowest BCUT2D eigenvalue weighted by atomic mass is 9.94. The molecule has 0 atom stereocenters. The lowest BCUT2D eigenvalue weighted by molar-refractivity contribution is 1.45. The van der Waals surface area contributed by atoms with Crippen LogP contribution in [0.5, 0.6) is 0 Å². The average Bonchev–Trinajstić information content (AvgIpc) is 3.47. The summed E-state index contributed by atoms with van der Waals surface area (Å²) in [7, 11) is 0. The minimum Gasteiger partial charge on any atom is -0.0616 e. The zero-order valence-corrected chi connectivity index (χ0v) is 20.5. The van der Waals surface area contributed by atoms with Gasteiger partial charge in [-0.15, -0.1) is 0 Å². The zero-order valence-electron chi connectivity index (χ0n) is 20.5. The molecule has 0 nitrogen and oxygen atoms in total. The summed E-state index contributed by atoms with van der Waals surface area (Å²) in [4.78, 5) is 0. The van der Waals surface area contributed by atoms with Gasteiger partial charge in [-0.25, -0.2) is 0 Å². The van der Waals surface area contributed by atoms with E-state index in [1.165, 1.54) is 90.8 Å². The Hall–Kier alpha value is -4.68. The van der Waals surface area contributed by atoms with Crippen LogP contribution < -0.4 is 0 Å². The van der Waals surface area contributed by atoms with Crippen LogP contribution in [0.1, 0.15) is 5.56 Å². The minimum atomic E-state index is 1.27. The molecule has 0 N–H and O–H groups in total. The summed E-state index contributed by atoms with van der Waals surface area (Å²) >= 11 is 0. The summed E-state index contributed by atoms with van der Waals surface area (Å²) in [5.41, 5.74) is 3.83. The molecule has 0 heteroatoms. The second kappa shape index (κ2) is 6.75. The molecule has 0 heterocycles. The maximum atomic E-state index is 2.43. The fourth-order valence-electron chi connectivity index (χ4n) is 7.06. The van der Waals surface area contributed by atoms with Gasteiger partial charge in [-0.05, 0) is 98.2 Å². The topological polar surface area (TPSA) is 0 Å². The number of rotatable bonds is 1. The van der Waals surface area contributed by atoms with E-state index in [1.807, 2.05) is 0 Å². The SMILES string of the molecule is Cc1ccc(-c2ccc3c(c2)=c2c4ccccc4c4c5c(c6ccccc6c=3c25)=c2ccccc2=4)cc1. The van der Waals surface area contributed by atoms with Crippen LogP contribution in [-0.4, -0.2) is 0 Å². The largest absolute Gasteiger partial charge is 0.0616 e. The van der Waals surface area contributed by atoms with Crippen LogP contribution in [0.25, 0.3) is 43.4 Å². The Morgan fingerprint density at radius 1 is 0.351 bits per heavy atom. The molecular weight excluding hydrogens is 444 g/mol. The van der Waals surface area contributed by atoms with Gasteiger partial charge in [-0.1, -0.05) is 115 Å².